The lowest BCUT2D eigenvalue weighted by molar-refractivity contribution is -0.169. The highest BCUT2D eigenvalue weighted by Gasteiger charge is 2.45. The molecule has 0 radical (unpaired) electrons. The minimum atomic E-state index is -1.48. The standard InChI is InChI=1S/C22H26O3.C17H24O3.C15H20O6S.3H2/c1-16(2)25-21(24)22(4,20(23)19-8-6-5-7-9-19)15-14-18-12-10-17(3)11-13-18;1-12(2)20-16(19)17(5,14(4)18)11-10-15-8-6-13(3)7-9-15;1-11(2)20-14(17)15(3,10-19-22-21-18-4)13(16)12-8-6-5-7-9-12;;;/h5-13,16H,14-15H2,1-4H3;6-9,12H,10-11H2,1-5H3;5-9,11H,10H2,1-4H3;3*1H. The summed E-state index contributed by atoms with van der Waals surface area (Å²) in [5.74, 6) is -2.23. The average Bonchev–Trinajstić information content (AvgIpc) is 3.29. The second kappa shape index (κ2) is 28.0. The molecule has 4 aromatic rings. The maximum atomic E-state index is 13.1. The first-order chi connectivity index (χ1) is 31.5. The summed E-state index contributed by atoms with van der Waals surface area (Å²) in [6.45, 7) is 20.8. The van der Waals surface area contributed by atoms with Gasteiger partial charge in [-0.2, -0.15) is 0 Å². The number of hydrogen-bond acceptors (Lipinski definition) is 13. The van der Waals surface area contributed by atoms with Crippen molar-refractivity contribution >= 4 is 47.6 Å². The molecule has 4 aromatic carbocycles. The van der Waals surface area contributed by atoms with Crippen LogP contribution in [0.5, 0.6) is 0 Å². The first-order valence-electron chi connectivity index (χ1n) is 22.4. The molecule has 0 aliphatic rings. The second-order valence-electron chi connectivity index (χ2n) is 17.8. The fraction of sp³-hybridized carbons (Fsp3) is 0.444. The number of aryl methyl sites for hydroxylation is 4. The van der Waals surface area contributed by atoms with Crippen LogP contribution in [-0.2, 0) is 59.6 Å². The Bertz CT molecular complexity index is 2190. The largest absolute Gasteiger partial charge is 0.462 e. The van der Waals surface area contributed by atoms with Gasteiger partial charge < -0.3 is 14.2 Å². The van der Waals surface area contributed by atoms with Crippen LogP contribution in [0.1, 0.15) is 129 Å². The second-order valence-corrected chi connectivity index (χ2v) is 18.3. The van der Waals surface area contributed by atoms with E-state index in [9.17, 15) is 28.8 Å². The Labute approximate surface area is 406 Å². The molecule has 0 fully saturated rings. The van der Waals surface area contributed by atoms with Crippen LogP contribution in [-0.4, -0.2) is 67.3 Å². The Kier molecular flexibility index (Phi) is 24.1. The summed E-state index contributed by atoms with van der Waals surface area (Å²) in [6, 6.07) is 33.8. The smallest absolute Gasteiger partial charge is 0.322 e. The van der Waals surface area contributed by atoms with Gasteiger partial charge in [-0.3, -0.25) is 33.0 Å². The van der Waals surface area contributed by atoms with Crippen LogP contribution in [0.4, 0.5) is 0 Å². The summed E-state index contributed by atoms with van der Waals surface area (Å²) < 4.78 is 25.5. The Morgan fingerprint density at radius 1 is 0.522 bits per heavy atom. The molecule has 0 N–H and O–H groups in total. The van der Waals surface area contributed by atoms with Crippen LogP contribution < -0.4 is 0 Å². The Morgan fingerprint density at radius 2 is 0.866 bits per heavy atom. The molecule has 4 rings (SSSR count). The van der Waals surface area contributed by atoms with E-state index in [2.05, 4.69) is 9.22 Å². The summed E-state index contributed by atoms with van der Waals surface area (Å²) in [7, 11) is 1.32. The molecule has 3 atom stereocenters. The van der Waals surface area contributed by atoms with E-state index < -0.39 is 34.2 Å². The molecule has 3 unspecified atom stereocenters. The van der Waals surface area contributed by atoms with Crippen molar-refractivity contribution in [1.29, 1.82) is 0 Å². The summed E-state index contributed by atoms with van der Waals surface area (Å²) in [5.41, 5.74) is 1.83. The number of hydrogen-bond donors (Lipinski definition) is 0. The average molecular weight is 949 g/mol. The van der Waals surface area contributed by atoms with Gasteiger partial charge in [0, 0.05) is 15.4 Å². The van der Waals surface area contributed by atoms with Crippen LogP contribution in [0.15, 0.2) is 109 Å². The molecular formula is C54H76O12S. The number of carbonyl (C=O) groups is 6. The van der Waals surface area contributed by atoms with Gasteiger partial charge in [0.25, 0.3) is 0 Å². The number of benzene rings is 4. The zero-order chi connectivity index (χ0) is 50.4. The number of rotatable bonds is 22. The normalized spacial score (nSPS) is 13.6. The van der Waals surface area contributed by atoms with Crippen molar-refractivity contribution in [3.8, 4) is 0 Å². The highest BCUT2D eigenvalue weighted by molar-refractivity contribution is 7.89. The van der Waals surface area contributed by atoms with E-state index in [1.165, 1.54) is 32.1 Å². The molecule has 0 saturated carbocycles. The third-order valence-corrected chi connectivity index (χ3v) is 11.2. The Morgan fingerprint density at radius 3 is 1.22 bits per heavy atom. The molecule has 0 heterocycles. The molecule has 13 heteroatoms. The number of ether oxygens (including phenoxy) is 3. The van der Waals surface area contributed by atoms with E-state index in [0.29, 0.717) is 49.1 Å². The SMILES string of the molecule is CC(=O)C(C)(CCc1ccc(C)cc1)C(=O)OC(C)C.COOSOCC(C)(C(=O)OC(C)C)C(=O)c1ccccc1.Cc1ccc(CCC(C)(C(=O)OC(C)C)C(=O)c2ccccc2)cc1.[HH].[HH].[HH]. The number of carbonyl (C=O) groups excluding carboxylic acids is 6. The highest BCUT2D eigenvalue weighted by Crippen LogP contribution is 2.32. The molecule has 370 valence electrons. The van der Waals surface area contributed by atoms with Gasteiger partial charge in [0.1, 0.15) is 16.6 Å². The molecule has 0 bridgehead atoms. The van der Waals surface area contributed by atoms with Crippen molar-refractivity contribution in [1.82, 2.24) is 0 Å². The summed E-state index contributed by atoms with van der Waals surface area (Å²) in [4.78, 5) is 79.2. The van der Waals surface area contributed by atoms with Crippen LogP contribution in [0.2, 0.25) is 0 Å². The lowest BCUT2D eigenvalue weighted by atomic mass is 9.77. The molecule has 0 aliphatic carbocycles. The van der Waals surface area contributed by atoms with Crippen LogP contribution in [0, 0.1) is 30.1 Å². The summed E-state index contributed by atoms with van der Waals surface area (Å²) in [5, 5.41) is 0. The van der Waals surface area contributed by atoms with Crippen molar-refractivity contribution in [2.75, 3.05) is 13.7 Å². The van der Waals surface area contributed by atoms with Gasteiger partial charge in [-0.05, 0) is 120 Å². The van der Waals surface area contributed by atoms with Gasteiger partial charge >= 0.3 is 17.9 Å². The van der Waals surface area contributed by atoms with Gasteiger partial charge in [-0.25, -0.2) is 4.89 Å². The molecule has 67 heavy (non-hydrogen) atoms. The van der Waals surface area contributed by atoms with E-state index in [1.807, 2.05) is 68.4 Å². The molecule has 0 spiro atoms. The predicted molar refractivity (Wildman–Crippen MR) is 267 cm³/mol. The van der Waals surface area contributed by atoms with Crippen molar-refractivity contribution < 1.29 is 60.7 Å². The summed E-state index contributed by atoms with van der Waals surface area (Å²) >= 11 is 0.547. The lowest BCUT2D eigenvalue weighted by Gasteiger charge is -2.27. The summed E-state index contributed by atoms with van der Waals surface area (Å²) in [6.07, 6.45) is 1.41. The fourth-order valence-corrected chi connectivity index (χ4v) is 6.66. The van der Waals surface area contributed by atoms with E-state index in [1.54, 1.807) is 110 Å². The van der Waals surface area contributed by atoms with Gasteiger partial charge in [0.2, 0.25) is 0 Å². The van der Waals surface area contributed by atoms with Gasteiger partial charge in [0.05, 0.1) is 32.0 Å². The van der Waals surface area contributed by atoms with E-state index in [4.69, 9.17) is 18.4 Å². The monoisotopic (exact) mass is 949 g/mol. The molecule has 0 saturated heterocycles. The zero-order valence-electron chi connectivity index (χ0n) is 41.5. The minimum Gasteiger partial charge on any atom is -0.462 e. The molecule has 0 amide bonds. The first-order valence-corrected chi connectivity index (χ1v) is 23.1. The van der Waals surface area contributed by atoms with E-state index in [-0.39, 0.29) is 46.5 Å². The van der Waals surface area contributed by atoms with Gasteiger partial charge in [-0.15, -0.1) is 4.33 Å². The van der Waals surface area contributed by atoms with Crippen LogP contribution in [0.25, 0.3) is 0 Å². The van der Waals surface area contributed by atoms with Gasteiger partial charge in [0.15, 0.2) is 29.3 Å². The quantitative estimate of drug-likeness (QED) is 0.0107. The fourth-order valence-electron chi connectivity index (χ4n) is 6.28. The van der Waals surface area contributed by atoms with Gasteiger partial charge in [-0.1, -0.05) is 120 Å². The van der Waals surface area contributed by atoms with Crippen LogP contribution in [0.3, 0.4) is 0 Å². The van der Waals surface area contributed by atoms with Crippen molar-refractivity contribution in [3.05, 3.63) is 143 Å². The minimum absolute atomic E-state index is 0. The van der Waals surface area contributed by atoms with E-state index in [0.717, 1.165) is 11.1 Å². The third kappa shape index (κ3) is 18.6. The number of ketones is 3. The molecule has 12 nitrogen and oxygen atoms in total. The van der Waals surface area contributed by atoms with Crippen molar-refractivity contribution in [3.63, 3.8) is 0 Å². The Hall–Kier alpha value is -5.47. The topological polar surface area (TPSA) is 158 Å². The molecular weight excluding hydrogens is 873 g/mol. The lowest BCUT2D eigenvalue weighted by Crippen LogP contribution is -2.42. The molecule has 0 aromatic heterocycles. The first kappa shape index (κ1) is 57.7. The highest BCUT2D eigenvalue weighted by atomic mass is 32.2. The maximum absolute atomic E-state index is 13.1. The predicted octanol–water partition coefficient (Wildman–Crippen LogP) is 12.0. The Balaban J connectivity index is 0. The number of Topliss-reactive ketones (excluding diaryl/α,β-unsaturated/α-hetero) is 3. The van der Waals surface area contributed by atoms with Crippen molar-refractivity contribution in [2.24, 2.45) is 16.2 Å². The third-order valence-electron chi connectivity index (χ3n) is 10.8. The maximum Gasteiger partial charge on any atom is 0.322 e. The number of esters is 3. The van der Waals surface area contributed by atoms with Crippen molar-refractivity contribution in [2.45, 2.75) is 127 Å². The van der Waals surface area contributed by atoms with E-state index >= 15 is 0 Å². The zero-order valence-corrected chi connectivity index (χ0v) is 42.3. The molecule has 0 aliphatic heterocycles. The van der Waals surface area contributed by atoms with Crippen LogP contribution >= 0.6 is 12.3 Å².